The highest BCUT2D eigenvalue weighted by atomic mass is 19.4. The van der Waals surface area contributed by atoms with Crippen LogP contribution in [0.3, 0.4) is 0 Å². The zero-order valence-electron chi connectivity index (χ0n) is 11.6. The van der Waals surface area contributed by atoms with E-state index in [1.165, 1.54) is 18.2 Å². The molecular formula is C14H19F3N2O. The molecule has 0 saturated heterocycles. The van der Waals surface area contributed by atoms with Crippen LogP contribution in [0.15, 0.2) is 24.3 Å². The van der Waals surface area contributed by atoms with E-state index in [1.807, 2.05) is 13.8 Å². The Labute approximate surface area is 116 Å². The number of amides is 1. The van der Waals surface area contributed by atoms with Crippen LogP contribution in [0.25, 0.3) is 0 Å². The molecule has 0 radical (unpaired) electrons. The van der Waals surface area contributed by atoms with Gasteiger partial charge in [-0.25, -0.2) is 0 Å². The van der Waals surface area contributed by atoms with E-state index in [4.69, 9.17) is 0 Å². The maximum Gasteiger partial charge on any atom is 0.418 e. The highest BCUT2D eigenvalue weighted by Gasteiger charge is 2.33. The first-order valence-electron chi connectivity index (χ1n) is 6.47. The van der Waals surface area contributed by atoms with Crippen LogP contribution >= 0.6 is 0 Å². The monoisotopic (exact) mass is 288 g/mol. The number of hydrogen-bond acceptors (Lipinski definition) is 2. The second-order valence-corrected chi connectivity index (χ2v) is 4.93. The zero-order chi connectivity index (χ0) is 15.2. The average Bonchev–Trinajstić information content (AvgIpc) is 2.35. The van der Waals surface area contributed by atoms with Crippen LogP contribution in [-0.4, -0.2) is 19.0 Å². The molecule has 1 aromatic rings. The molecule has 6 heteroatoms. The molecular weight excluding hydrogens is 269 g/mol. The zero-order valence-corrected chi connectivity index (χ0v) is 11.6. The summed E-state index contributed by atoms with van der Waals surface area (Å²) < 4.78 is 38.2. The lowest BCUT2D eigenvalue weighted by Crippen LogP contribution is -2.31. The van der Waals surface area contributed by atoms with Crippen molar-refractivity contribution in [1.29, 1.82) is 0 Å². The number of para-hydroxylation sites is 1. The Balaban J connectivity index is 2.52. The maximum atomic E-state index is 12.7. The molecule has 1 rings (SSSR count). The number of rotatable bonds is 6. The third-order valence-corrected chi connectivity index (χ3v) is 2.72. The summed E-state index contributed by atoms with van der Waals surface area (Å²) in [5, 5.41) is 5.19. The summed E-state index contributed by atoms with van der Waals surface area (Å²) in [6.07, 6.45) is -3.59. The molecule has 1 amide bonds. The molecule has 20 heavy (non-hydrogen) atoms. The van der Waals surface area contributed by atoms with Gasteiger partial charge in [-0.05, 0) is 24.5 Å². The van der Waals surface area contributed by atoms with Gasteiger partial charge in [0.1, 0.15) is 0 Å². The van der Waals surface area contributed by atoms with Crippen LogP contribution in [0.5, 0.6) is 0 Å². The quantitative estimate of drug-likeness (QED) is 0.843. The van der Waals surface area contributed by atoms with Crippen molar-refractivity contribution in [3.05, 3.63) is 29.8 Å². The molecule has 0 aromatic heterocycles. The molecule has 2 N–H and O–H groups in total. The maximum absolute atomic E-state index is 12.7. The van der Waals surface area contributed by atoms with Crippen molar-refractivity contribution in [3.8, 4) is 0 Å². The fraction of sp³-hybridized carbons (Fsp3) is 0.500. The molecule has 0 unspecified atom stereocenters. The highest BCUT2D eigenvalue weighted by molar-refractivity contribution is 5.80. The van der Waals surface area contributed by atoms with Crippen LogP contribution < -0.4 is 10.6 Å². The Bertz CT molecular complexity index is 444. The normalized spacial score (nSPS) is 11.5. The number of carbonyl (C=O) groups excluding carboxylic acids is 1. The van der Waals surface area contributed by atoms with Crippen molar-refractivity contribution in [2.45, 2.75) is 26.4 Å². The van der Waals surface area contributed by atoms with E-state index >= 15 is 0 Å². The first-order chi connectivity index (χ1) is 9.30. The van der Waals surface area contributed by atoms with Gasteiger partial charge in [-0.2, -0.15) is 13.2 Å². The van der Waals surface area contributed by atoms with E-state index < -0.39 is 11.7 Å². The van der Waals surface area contributed by atoms with Gasteiger partial charge in [0.15, 0.2) is 0 Å². The van der Waals surface area contributed by atoms with E-state index in [0.717, 1.165) is 12.5 Å². The first-order valence-corrected chi connectivity index (χ1v) is 6.47. The largest absolute Gasteiger partial charge is 0.418 e. The Hall–Kier alpha value is -1.72. The fourth-order valence-electron chi connectivity index (χ4n) is 1.62. The Morgan fingerprint density at radius 3 is 2.50 bits per heavy atom. The van der Waals surface area contributed by atoms with Crippen molar-refractivity contribution in [2.24, 2.45) is 5.92 Å². The van der Waals surface area contributed by atoms with Crippen molar-refractivity contribution in [3.63, 3.8) is 0 Å². The summed E-state index contributed by atoms with van der Waals surface area (Å²) in [5.74, 6) is 0.150. The molecule has 112 valence electrons. The van der Waals surface area contributed by atoms with E-state index in [-0.39, 0.29) is 18.1 Å². The number of benzene rings is 1. The van der Waals surface area contributed by atoms with E-state index in [9.17, 15) is 18.0 Å². The van der Waals surface area contributed by atoms with Crippen LogP contribution in [0.1, 0.15) is 25.8 Å². The number of hydrogen-bond donors (Lipinski definition) is 2. The second kappa shape index (κ2) is 7.17. The fourth-order valence-corrected chi connectivity index (χ4v) is 1.62. The van der Waals surface area contributed by atoms with Gasteiger partial charge < -0.3 is 10.6 Å². The minimum absolute atomic E-state index is 0.0843. The number of alkyl halides is 3. The first kappa shape index (κ1) is 16.3. The highest BCUT2D eigenvalue weighted by Crippen LogP contribution is 2.34. The van der Waals surface area contributed by atoms with Crippen molar-refractivity contribution >= 4 is 11.6 Å². The predicted molar refractivity (Wildman–Crippen MR) is 72.4 cm³/mol. The van der Waals surface area contributed by atoms with Gasteiger partial charge in [0.25, 0.3) is 0 Å². The summed E-state index contributed by atoms with van der Waals surface area (Å²) in [7, 11) is 0. The third kappa shape index (κ3) is 5.50. The summed E-state index contributed by atoms with van der Waals surface area (Å²) in [4.78, 5) is 11.5. The number of halogens is 3. The van der Waals surface area contributed by atoms with Crippen molar-refractivity contribution in [1.82, 2.24) is 5.32 Å². The van der Waals surface area contributed by atoms with Gasteiger partial charge in [-0.3, -0.25) is 4.79 Å². The molecule has 0 spiro atoms. The SMILES string of the molecule is CC(C)CCNC(=O)CNc1ccccc1C(F)(F)F. The van der Waals surface area contributed by atoms with Gasteiger partial charge in [0.2, 0.25) is 5.91 Å². The Morgan fingerprint density at radius 1 is 1.25 bits per heavy atom. The van der Waals surface area contributed by atoms with Gasteiger partial charge in [-0.15, -0.1) is 0 Å². The number of anilines is 1. The Morgan fingerprint density at radius 2 is 1.90 bits per heavy atom. The molecule has 0 saturated carbocycles. The molecule has 0 bridgehead atoms. The summed E-state index contributed by atoms with van der Waals surface area (Å²) >= 11 is 0. The second-order valence-electron chi connectivity index (χ2n) is 4.93. The van der Waals surface area contributed by atoms with Gasteiger partial charge >= 0.3 is 6.18 Å². The van der Waals surface area contributed by atoms with Gasteiger partial charge in [0.05, 0.1) is 12.1 Å². The smallest absolute Gasteiger partial charge is 0.376 e. The van der Waals surface area contributed by atoms with Crippen molar-refractivity contribution in [2.75, 3.05) is 18.4 Å². The molecule has 3 nitrogen and oxygen atoms in total. The predicted octanol–water partition coefficient (Wildman–Crippen LogP) is 3.28. The molecule has 0 heterocycles. The van der Waals surface area contributed by atoms with Crippen LogP contribution in [0.4, 0.5) is 18.9 Å². The summed E-state index contributed by atoms with van der Waals surface area (Å²) in [6.45, 7) is 4.41. The van der Waals surface area contributed by atoms with Crippen molar-refractivity contribution < 1.29 is 18.0 Å². The van der Waals surface area contributed by atoms with E-state index in [2.05, 4.69) is 10.6 Å². The van der Waals surface area contributed by atoms with E-state index in [1.54, 1.807) is 0 Å². The number of carbonyl (C=O) groups is 1. The molecule has 0 aliphatic rings. The third-order valence-electron chi connectivity index (χ3n) is 2.72. The minimum Gasteiger partial charge on any atom is -0.376 e. The van der Waals surface area contributed by atoms with Gasteiger partial charge in [0, 0.05) is 12.2 Å². The molecule has 0 aliphatic heterocycles. The average molecular weight is 288 g/mol. The Kier molecular flexibility index (Phi) is 5.85. The standard InChI is InChI=1S/C14H19F3N2O/c1-10(2)7-8-18-13(20)9-19-12-6-4-3-5-11(12)14(15,16)17/h3-6,10,19H,7-9H2,1-2H3,(H,18,20). The minimum atomic E-state index is -4.43. The van der Waals surface area contributed by atoms with E-state index in [0.29, 0.717) is 12.5 Å². The van der Waals surface area contributed by atoms with Crippen LogP contribution in [0, 0.1) is 5.92 Å². The summed E-state index contributed by atoms with van der Waals surface area (Å²) in [6, 6.07) is 5.11. The van der Waals surface area contributed by atoms with Crippen LogP contribution in [0.2, 0.25) is 0 Å². The lowest BCUT2D eigenvalue weighted by molar-refractivity contribution is -0.137. The molecule has 0 atom stereocenters. The topological polar surface area (TPSA) is 41.1 Å². The van der Waals surface area contributed by atoms with Gasteiger partial charge in [-0.1, -0.05) is 26.0 Å². The molecule has 0 aliphatic carbocycles. The lowest BCUT2D eigenvalue weighted by Gasteiger charge is -2.14. The lowest BCUT2D eigenvalue weighted by atomic mass is 10.1. The molecule has 0 fully saturated rings. The van der Waals surface area contributed by atoms with Crippen LogP contribution in [-0.2, 0) is 11.0 Å². The summed E-state index contributed by atoms with van der Waals surface area (Å²) in [5.41, 5.74) is -0.853. The number of nitrogens with one attached hydrogen (secondary N) is 2. The molecule has 1 aromatic carbocycles.